The Labute approximate surface area is 142 Å². The van der Waals surface area contributed by atoms with Crippen LogP contribution in [-0.4, -0.2) is 17.4 Å². The molecule has 0 aromatic heterocycles. The Morgan fingerprint density at radius 3 is 1.78 bits per heavy atom. The molecule has 0 unspecified atom stereocenters. The molecule has 0 aliphatic heterocycles. The van der Waals surface area contributed by atoms with Crippen LogP contribution in [0.2, 0.25) is 0 Å². The van der Waals surface area contributed by atoms with Crippen molar-refractivity contribution < 1.29 is 0 Å². The molecular weight excluding hydrogens is 310 g/mol. The summed E-state index contributed by atoms with van der Waals surface area (Å²) in [6.07, 6.45) is 0. The number of halogens is 1. The third-order valence-electron chi connectivity index (χ3n) is 3.03. The lowest BCUT2D eigenvalue weighted by molar-refractivity contribution is 0.983. The van der Waals surface area contributed by atoms with Gasteiger partial charge in [0.05, 0.1) is 11.4 Å². The topological polar surface area (TPSA) is 75.1 Å². The highest BCUT2D eigenvalue weighted by atomic mass is 35.5. The van der Waals surface area contributed by atoms with Gasteiger partial charge in [0.25, 0.3) is 0 Å². The van der Waals surface area contributed by atoms with Crippen molar-refractivity contribution in [2.24, 2.45) is 21.0 Å². The summed E-state index contributed by atoms with van der Waals surface area (Å²) in [5.41, 5.74) is 12.1. The molecule has 0 atom stereocenters. The highest BCUT2D eigenvalue weighted by Crippen LogP contribution is 2.01. The molecule has 0 aliphatic rings. The van der Waals surface area contributed by atoms with Gasteiger partial charge in [0.2, 0.25) is 5.96 Å². The van der Waals surface area contributed by atoms with Crippen LogP contribution in [-0.2, 0) is 0 Å². The minimum absolute atomic E-state index is 0. The zero-order chi connectivity index (χ0) is 15.8. The van der Waals surface area contributed by atoms with Crippen molar-refractivity contribution in [2.45, 2.75) is 13.8 Å². The summed E-state index contributed by atoms with van der Waals surface area (Å²) in [6.45, 7) is 3.78. The van der Waals surface area contributed by atoms with E-state index in [9.17, 15) is 0 Å². The molecule has 3 N–H and O–H groups in total. The second-order valence-electron chi connectivity index (χ2n) is 4.71. The predicted octanol–water partition coefficient (Wildman–Crippen LogP) is 3.16. The van der Waals surface area contributed by atoms with E-state index in [1.54, 1.807) is 0 Å². The maximum atomic E-state index is 5.75. The summed E-state index contributed by atoms with van der Waals surface area (Å²) in [5, 5.41) is 12.2. The van der Waals surface area contributed by atoms with Crippen LogP contribution in [0, 0.1) is 0 Å². The van der Waals surface area contributed by atoms with E-state index >= 15 is 0 Å². The number of nitrogens with one attached hydrogen (secondary N) is 1. The molecule has 0 aliphatic carbocycles. The van der Waals surface area contributed by atoms with Crippen molar-refractivity contribution >= 4 is 29.8 Å². The molecule has 5 nitrogen and oxygen atoms in total. The average Bonchev–Trinajstić information content (AvgIpc) is 2.59. The van der Waals surface area contributed by atoms with Crippen LogP contribution in [0.4, 0.5) is 0 Å². The molecule has 120 valence electrons. The van der Waals surface area contributed by atoms with Crippen molar-refractivity contribution in [1.82, 2.24) is 5.43 Å². The highest BCUT2D eigenvalue weighted by Gasteiger charge is 1.97. The molecule has 0 fully saturated rings. The maximum absolute atomic E-state index is 5.75. The fourth-order valence-electron chi connectivity index (χ4n) is 1.77. The van der Waals surface area contributed by atoms with Gasteiger partial charge in [-0.25, -0.2) is 5.43 Å². The quantitative estimate of drug-likeness (QED) is 0.513. The van der Waals surface area contributed by atoms with Gasteiger partial charge in [0.1, 0.15) is 0 Å². The van der Waals surface area contributed by atoms with Gasteiger partial charge in [-0.3, -0.25) is 0 Å². The number of hydrazone groups is 1. The first-order chi connectivity index (χ1) is 10.7. The molecule has 0 radical (unpaired) electrons. The molecule has 2 rings (SSSR count). The monoisotopic (exact) mass is 329 g/mol. The molecule has 23 heavy (non-hydrogen) atoms. The smallest absolute Gasteiger partial charge is 0.234 e. The van der Waals surface area contributed by atoms with E-state index < -0.39 is 0 Å². The van der Waals surface area contributed by atoms with Crippen molar-refractivity contribution in [2.75, 3.05) is 0 Å². The Morgan fingerprint density at radius 1 is 0.783 bits per heavy atom. The van der Waals surface area contributed by atoms with Gasteiger partial charge in [-0.1, -0.05) is 60.7 Å². The van der Waals surface area contributed by atoms with Gasteiger partial charge in [-0.05, 0) is 25.0 Å². The van der Waals surface area contributed by atoms with Crippen molar-refractivity contribution in [3.8, 4) is 0 Å². The molecular formula is C17H20ClN5. The molecule has 0 heterocycles. The van der Waals surface area contributed by atoms with Crippen molar-refractivity contribution in [3.63, 3.8) is 0 Å². The van der Waals surface area contributed by atoms with Gasteiger partial charge in [-0.2, -0.15) is 10.2 Å². The van der Waals surface area contributed by atoms with Crippen LogP contribution in [0.15, 0.2) is 76.0 Å². The van der Waals surface area contributed by atoms with Crippen LogP contribution >= 0.6 is 12.4 Å². The minimum atomic E-state index is 0. The Kier molecular flexibility index (Phi) is 7.50. The fraction of sp³-hybridized carbons (Fsp3) is 0.118. The zero-order valence-electron chi connectivity index (χ0n) is 13.1. The molecule has 0 saturated carbocycles. The summed E-state index contributed by atoms with van der Waals surface area (Å²) in [5.74, 6) is 0.144. The standard InChI is InChI=1S/C17H19N5.ClH/c1-13(15-9-5-3-6-10-15)19-21-17(18)22-20-14(2)16-11-7-4-8-12-16;/h3-12H,1-2H3,(H3,18,21,22);1H. The van der Waals surface area contributed by atoms with E-state index in [2.05, 4.69) is 20.7 Å². The minimum Gasteiger partial charge on any atom is -0.367 e. The Hall–Kier alpha value is -2.66. The number of rotatable bonds is 4. The van der Waals surface area contributed by atoms with E-state index in [-0.39, 0.29) is 18.4 Å². The van der Waals surface area contributed by atoms with Gasteiger partial charge >= 0.3 is 0 Å². The lowest BCUT2D eigenvalue weighted by Gasteiger charge is -2.02. The van der Waals surface area contributed by atoms with Crippen molar-refractivity contribution in [3.05, 3.63) is 71.8 Å². The first kappa shape index (κ1) is 18.4. The normalized spacial score (nSPS) is 12.5. The fourth-order valence-corrected chi connectivity index (χ4v) is 1.77. The summed E-state index contributed by atoms with van der Waals surface area (Å²) in [7, 11) is 0. The SMILES string of the molecule is CC(=N/N=C(/N)NN=C(C)c1ccccc1)c1ccccc1.Cl. The number of guanidine groups is 1. The lowest BCUT2D eigenvalue weighted by atomic mass is 10.1. The van der Waals surface area contributed by atoms with E-state index in [1.807, 2.05) is 74.5 Å². The number of nitrogens with zero attached hydrogens (tertiary/aromatic N) is 3. The van der Waals surface area contributed by atoms with Crippen LogP contribution in [0.3, 0.4) is 0 Å². The average molecular weight is 330 g/mol. The molecule has 6 heteroatoms. The molecule has 0 bridgehead atoms. The third kappa shape index (κ3) is 5.92. The van der Waals surface area contributed by atoms with Crippen LogP contribution in [0.5, 0.6) is 0 Å². The Morgan fingerprint density at radius 2 is 1.26 bits per heavy atom. The van der Waals surface area contributed by atoms with E-state index in [1.165, 1.54) is 0 Å². The first-order valence-corrected chi connectivity index (χ1v) is 6.95. The molecule has 2 aromatic carbocycles. The second-order valence-corrected chi connectivity index (χ2v) is 4.71. The van der Waals surface area contributed by atoms with Crippen LogP contribution in [0.1, 0.15) is 25.0 Å². The summed E-state index contributed by atoms with van der Waals surface area (Å²) in [4.78, 5) is 0. The Bertz CT molecular complexity index is 693. The number of nitrogens with two attached hydrogens (primary N) is 1. The lowest BCUT2D eigenvalue weighted by Crippen LogP contribution is -2.27. The summed E-state index contributed by atoms with van der Waals surface area (Å²) < 4.78 is 0. The van der Waals surface area contributed by atoms with E-state index in [0.717, 1.165) is 22.6 Å². The zero-order valence-corrected chi connectivity index (χ0v) is 13.9. The van der Waals surface area contributed by atoms with Gasteiger partial charge < -0.3 is 5.73 Å². The van der Waals surface area contributed by atoms with Gasteiger partial charge in [0, 0.05) is 0 Å². The molecule has 2 aromatic rings. The largest absolute Gasteiger partial charge is 0.367 e. The molecule has 0 spiro atoms. The third-order valence-corrected chi connectivity index (χ3v) is 3.03. The second kappa shape index (κ2) is 9.38. The maximum Gasteiger partial charge on any atom is 0.234 e. The number of hydrogen-bond donors (Lipinski definition) is 2. The molecule has 0 saturated heterocycles. The Balaban J connectivity index is 0.00000264. The van der Waals surface area contributed by atoms with Gasteiger partial charge in [-0.15, -0.1) is 17.5 Å². The van der Waals surface area contributed by atoms with Crippen molar-refractivity contribution in [1.29, 1.82) is 0 Å². The van der Waals surface area contributed by atoms with Crippen LogP contribution in [0.25, 0.3) is 0 Å². The molecule has 0 amide bonds. The van der Waals surface area contributed by atoms with Gasteiger partial charge in [0.15, 0.2) is 0 Å². The van der Waals surface area contributed by atoms with E-state index in [4.69, 9.17) is 5.73 Å². The first-order valence-electron chi connectivity index (χ1n) is 6.95. The summed E-state index contributed by atoms with van der Waals surface area (Å²) in [6, 6.07) is 19.6. The van der Waals surface area contributed by atoms with Crippen LogP contribution < -0.4 is 11.2 Å². The number of benzene rings is 2. The number of hydrogen-bond acceptors (Lipinski definition) is 3. The highest BCUT2D eigenvalue weighted by molar-refractivity contribution is 6.00. The van der Waals surface area contributed by atoms with E-state index in [0.29, 0.717) is 0 Å². The summed E-state index contributed by atoms with van der Waals surface area (Å²) >= 11 is 0. The predicted molar refractivity (Wildman–Crippen MR) is 99.3 cm³/mol.